The van der Waals surface area contributed by atoms with Gasteiger partial charge in [0.1, 0.15) is 18.6 Å². The number of carbonyl (C=O) groups excluding carboxylic acids is 1. The van der Waals surface area contributed by atoms with E-state index in [2.05, 4.69) is 20.3 Å². The van der Waals surface area contributed by atoms with Crippen LogP contribution < -0.4 is 15.0 Å². The van der Waals surface area contributed by atoms with Gasteiger partial charge in [0.05, 0.1) is 30.8 Å². The maximum atomic E-state index is 14.1. The molecule has 1 saturated carbocycles. The standard InChI is InChI=1S/C29H36F3N7O3/c30-17-20-4-3-11-38(20)18-25(40)33-19-7-9-21(10-8-19)42-26-16-24(35-29(36-26)37-12-14-41-15-13-37)39-23-6-2-1-5-22(23)34-28(39)27(31)32/h1-2,5-6,16,19-21,27H,3-4,7-15,17-18H2,(H,33,40)/t19?,20-,21?/m0/s1. The molecule has 0 unspecified atom stereocenters. The Balaban J connectivity index is 1.17. The Bertz CT molecular complexity index is 1380. The maximum Gasteiger partial charge on any atom is 0.296 e. The number of carbonyl (C=O) groups is 1. The van der Waals surface area contributed by atoms with Crippen molar-refractivity contribution in [1.82, 2.24) is 29.7 Å². The van der Waals surface area contributed by atoms with Gasteiger partial charge in [0.25, 0.3) is 6.43 Å². The summed E-state index contributed by atoms with van der Waals surface area (Å²) in [4.78, 5) is 30.0. The van der Waals surface area contributed by atoms with E-state index in [1.54, 1.807) is 30.3 Å². The first kappa shape index (κ1) is 28.7. The Labute approximate surface area is 242 Å². The van der Waals surface area contributed by atoms with Gasteiger partial charge in [0.2, 0.25) is 17.7 Å². The molecule has 0 spiro atoms. The molecule has 1 amide bonds. The van der Waals surface area contributed by atoms with Crippen LogP contribution >= 0.6 is 0 Å². The van der Waals surface area contributed by atoms with E-state index < -0.39 is 18.9 Å². The molecule has 1 atom stereocenters. The minimum Gasteiger partial charge on any atom is -0.474 e. The van der Waals surface area contributed by atoms with Crippen LogP contribution in [0.15, 0.2) is 30.3 Å². The largest absolute Gasteiger partial charge is 0.474 e. The fourth-order valence-corrected chi connectivity index (χ4v) is 6.14. The van der Waals surface area contributed by atoms with Gasteiger partial charge in [-0.15, -0.1) is 0 Å². The molecule has 6 rings (SSSR count). The van der Waals surface area contributed by atoms with Gasteiger partial charge in [-0.1, -0.05) is 12.1 Å². The molecule has 2 aliphatic heterocycles. The molecule has 0 bridgehead atoms. The van der Waals surface area contributed by atoms with E-state index in [4.69, 9.17) is 9.47 Å². The van der Waals surface area contributed by atoms with Crippen LogP contribution in [0, 0.1) is 0 Å². The summed E-state index contributed by atoms with van der Waals surface area (Å²) in [7, 11) is 0. The molecule has 3 aliphatic rings. The number of imidazole rings is 1. The van der Waals surface area contributed by atoms with E-state index >= 15 is 0 Å². The van der Waals surface area contributed by atoms with Crippen molar-refractivity contribution in [1.29, 1.82) is 0 Å². The quantitative estimate of drug-likeness (QED) is 0.404. The zero-order valence-corrected chi connectivity index (χ0v) is 23.4. The molecule has 10 nitrogen and oxygen atoms in total. The Hall–Kier alpha value is -3.45. The summed E-state index contributed by atoms with van der Waals surface area (Å²) < 4.78 is 54.6. The lowest BCUT2D eigenvalue weighted by molar-refractivity contribution is -0.123. The molecule has 2 aromatic heterocycles. The third-order valence-electron chi connectivity index (χ3n) is 8.33. The van der Waals surface area contributed by atoms with Gasteiger partial charge >= 0.3 is 0 Å². The summed E-state index contributed by atoms with van der Waals surface area (Å²) in [6.07, 6.45) is 1.63. The van der Waals surface area contributed by atoms with Crippen LogP contribution in [0.5, 0.6) is 5.88 Å². The van der Waals surface area contributed by atoms with E-state index in [1.807, 2.05) is 9.80 Å². The molecule has 42 heavy (non-hydrogen) atoms. The Morgan fingerprint density at radius 3 is 2.60 bits per heavy atom. The molecule has 2 saturated heterocycles. The number of ether oxygens (including phenoxy) is 2. The van der Waals surface area contributed by atoms with E-state index in [1.165, 1.54) is 4.57 Å². The number of nitrogens with one attached hydrogen (secondary N) is 1. The number of likely N-dealkylation sites (tertiary alicyclic amines) is 1. The number of para-hydroxylation sites is 2. The zero-order valence-electron chi connectivity index (χ0n) is 23.4. The molecule has 0 radical (unpaired) electrons. The Morgan fingerprint density at radius 2 is 1.83 bits per heavy atom. The number of amides is 1. The summed E-state index contributed by atoms with van der Waals surface area (Å²) in [5, 5.41) is 3.10. The second-order valence-corrected chi connectivity index (χ2v) is 11.1. The highest BCUT2D eigenvalue weighted by atomic mass is 19.3. The zero-order chi connectivity index (χ0) is 29.1. The summed E-state index contributed by atoms with van der Waals surface area (Å²) in [6, 6.07) is 8.43. The summed E-state index contributed by atoms with van der Waals surface area (Å²) in [5.74, 6) is 0.492. The number of benzene rings is 1. The van der Waals surface area contributed by atoms with E-state index in [-0.39, 0.29) is 36.5 Å². The summed E-state index contributed by atoms with van der Waals surface area (Å²) >= 11 is 0. The Morgan fingerprint density at radius 1 is 1.05 bits per heavy atom. The molecule has 13 heteroatoms. The highest BCUT2D eigenvalue weighted by Gasteiger charge is 2.29. The summed E-state index contributed by atoms with van der Waals surface area (Å²) in [5.41, 5.74) is 0.973. The molecular weight excluding hydrogens is 551 g/mol. The van der Waals surface area contributed by atoms with Crippen LogP contribution in [0.25, 0.3) is 16.9 Å². The number of hydrogen-bond donors (Lipinski definition) is 1. The van der Waals surface area contributed by atoms with Gasteiger partial charge in [-0.3, -0.25) is 14.3 Å². The highest BCUT2D eigenvalue weighted by Crippen LogP contribution is 2.31. The van der Waals surface area contributed by atoms with Gasteiger partial charge < -0.3 is 19.7 Å². The number of alkyl halides is 3. The van der Waals surface area contributed by atoms with Crippen molar-refractivity contribution in [3.63, 3.8) is 0 Å². The minimum atomic E-state index is -2.80. The average molecular weight is 588 g/mol. The maximum absolute atomic E-state index is 14.1. The fourth-order valence-electron chi connectivity index (χ4n) is 6.14. The van der Waals surface area contributed by atoms with Gasteiger partial charge in [0.15, 0.2) is 5.82 Å². The highest BCUT2D eigenvalue weighted by molar-refractivity contribution is 5.79. The number of fused-ring (bicyclic) bond motifs is 1. The van der Waals surface area contributed by atoms with E-state index in [9.17, 15) is 18.0 Å². The lowest BCUT2D eigenvalue weighted by atomic mass is 9.93. The normalized spacial score (nSPS) is 23.5. The van der Waals surface area contributed by atoms with Gasteiger partial charge in [-0.2, -0.15) is 9.97 Å². The SMILES string of the molecule is O=C(CN1CCC[C@H]1CF)NC1CCC(Oc2cc(-n3c(C(F)F)nc4ccccc43)nc(N3CCOCC3)n2)CC1. The summed E-state index contributed by atoms with van der Waals surface area (Å²) in [6.45, 7) is 2.73. The molecule has 3 fully saturated rings. The first-order valence-electron chi connectivity index (χ1n) is 14.7. The molecular formula is C29H36F3N7O3. The van der Waals surface area contributed by atoms with Crippen molar-refractivity contribution in [2.45, 2.75) is 63.1 Å². The van der Waals surface area contributed by atoms with Gasteiger partial charge in [-0.05, 0) is 57.2 Å². The third kappa shape index (κ3) is 6.31. The van der Waals surface area contributed by atoms with Gasteiger partial charge in [-0.25, -0.2) is 18.2 Å². The second kappa shape index (κ2) is 12.8. The average Bonchev–Trinajstić information content (AvgIpc) is 3.63. The smallest absolute Gasteiger partial charge is 0.296 e. The number of anilines is 1. The van der Waals surface area contributed by atoms with Crippen LogP contribution in [0.2, 0.25) is 0 Å². The first-order chi connectivity index (χ1) is 20.5. The molecule has 1 N–H and O–H groups in total. The number of aromatic nitrogens is 4. The lowest BCUT2D eigenvalue weighted by Gasteiger charge is -2.31. The van der Waals surface area contributed by atoms with Crippen LogP contribution in [-0.2, 0) is 9.53 Å². The molecule has 1 aliphatic carbocycles. The number of nitrogens with zero attached hydrogens (tertiary/aromatic N) is 6. The van der Waals surface area contributed by atoms with Crippen molar-refractivity contribution >= 4 is 22.9 Å². The van der Waals surface area contributed by atoms with Crippen molar-refractivity contribution in [3.8, 4) is 11.7 Å². The molecule has 3 aromatic rings. The predicted molar refractivity (Wildman–Crippen MR) is 150 cm³/mol. The van der Waals surface area contributed by atoms with Crippen LogP contribution in [-0.4, -0.2) is 94.6 Å². The topological polar surface area (TPSA) is 97.6 Å². The fraction of sp³-hybridized carbons (Fsp3) is 0.586. The number of hydrogen-bond acceptors (Lipinski definition) is 8. The monoisotopic (exact) mass is 587 g/mol. The second-order valence-electron chi connectivity index (χ2n) is 11.1. The van der Waals surface area contributed by atoms with Crippen LogP contribution in [0.1, 0.15) is 50.8 Å². The first-order valence-corrected chi connectivity index (χ1v) is 14.7. The third-order valence-corrected chi connectivity index (χ3v) is 8.33. The predicted octanol–water partition coefficient (Wildman–Crippen LogP) is 3.83. The van der Waals surface area contributed by atoms with Crippen LogP contribution in [0.3, 0.4) is 0 Å². The van der Waals surface area contributed by atoms with Crippen molar-refractivity contribution in [3.05, 3.63) is 36.2 Å². The van der Waals surface area contributed by atoms with E-state index in [0.717, 1.165) is 32.2 Å². The lowest BCUT2D eigenvalue weighted by Crippen LogP contribution is -2.45. The van der Waals surface area contributed by atoms with Crippen LogP contribution in [0.4, 0.5) is 19.1 Å². The molecule has 1 aromatic carbocycles. The van der Waals surface area contributed by atoms with E-state index in [0.29, 0.717) is 62.0 Å². The molecule has 226 valence electrons. The van der Waals surface area contributed by atoms with Crippen molar-refractivity contribution in [2.24, 2.45) is 0 Å². The minimum absolute atomic E-state index is 0.0274. The molecule has 4 heterocycles. The number of halogens is 3. The van der Waals surface area contributed by atoms with Crippen molar-refractivity contribution < 1.29 is 27.4 Å². The number of morpholine rings is 1. The Kier molecular flexibility index (Phi) is 8.75. The number of rotatable bonds is 9. The van der Waals surface area contributed by atoms with Gasteiger partial charge in [0, 0.05) is 31.2 Å². The van der Waals surface area contributed by atoms with Crippen molar-refractivity contribution in [2.75, 3.05) is 51.0 Å².